The molecule has 0 spiro atoms. The van der Waals surface area contributed by atoms with Crippen molar-refractivity contribution >= 4 is 0 Å². The molecule has 1 aromatic carbocycles. The van der Waals surface area contributed by atoms with Crippen LogP contribution in [0.15, 0.2) is 18.2 Å². The molecule has 0 radical (unpaired) electrons. The minimum absolute atomic E-state index is 0.557. The number of ether oxygens (including phenoxy) is 2. The fourth-order valence-electron chi connectivity index (χ4n) is 3.21. The molecule has 2 atom stereocenters. The fourth-order valence-corrected chi connectivity index (χ4v) is 3.21. The van der Waals surface area contributed by atoms with Gasteiger partial charge < -0.3 is 20.5 Å². The zero-order valence-corrected chi connectivity index (χ0v) is 11.9. The van der Waals surface area contributed by atoms with Crippen LogP contribution in [0.1, 0.15) is 31.2 Å². The second-order valence-corrected chi connectivity index (χ2v) is 5.75. The first-order chi connectivity index (χ1) is 9.86. The third kappa shape index (κ3) is 3.07. The lowest BCUT2D eigenvalue weighted by Crippen LogP contribution is -2.41. The number of fused-ring (bicyclic) bond motifs is 1. The van der Waals surface area contributed by atoms with Gasteiger partial charge in [-0.1, -0.05) is 18.9 Å². The third-order valence-electron chi connectivity index (χ3n) is 4.39. The van der Waals surface area contributed by atoms with Gasteiger partial charge in [-0.05, 0) is 43.0 Å². The van der Waals surface area contributed by atoms with Gasteiger partial charge in [0.05, 0.1) is 0 Å². The molecule has 3 N–H and O–H groups in total. The molecule has 0 bridgehead atoms. The Morgan fingerprint density at radius 2 is 1.90 bits per heavy atom. The summed E-state index contributed by atoms with van der Waals surface area (Å²) in [6.45, 7) is 2.95. The first-order valence-corrected chi connectivity index (χ1v) is 7.69. The van der Waals surface area contributed by atoms with Crippen LogP contribution >= 0.6 is 0 Å². The smallest absolute Gasteiger partial charge is 0.161 e. The second kappa shape index (κ2) is 6.46. The molecule has 2 aliphatic rings. The van der Waals surface area contributed by atoms with Gasteiger partial charge in [-0.2, -0.15) is 0 Å². The fraction of sp³-hybridized carbons (Fsp3) is 0.625. The average molecular weight is 276 g/mol. The highest BCUT2D eigenvalue weighted by Crippen LogP contribution is 2.31. The van der Waals surface area contributed by atoms with E-state index in [9.17, 15) is 0 Å². The van der Waals surface area contributed by atoms with Gasteiger partial charge in [0, 0.05) is 12.6 Å². The van der Waals surface area contributed by atoms with Crippen molar-refractivity contribution in [1.29, 1.82) is 0 Å². The Kier molecular flexibility index (Phi) is 4.43. The summed E-state index contributed by atoms with van der Waals surface area (Å²) >= 11 is 0. The molecule has 3 rings (SSSR count). The number of hydrogen-bond donors (Lipinski definition) is 2. The SMILES string of the molecule is NCC1CCCCC1NCc1ccc2c(c1)OCCO2. The highest BCUT2D eigenvalue weighted by atomic mass is 16.6. The summed E-state index contributed by atoms with van der Waals surface area (Å²) in [5.74, 6) is 2.35. The molecular weight excluding hydrogens is 252 g/mol. The van der Waals surface area contributed by atoms with Gasteiger partial charge in [-0.25, -0.2) is 0 Å². The lowest BCUT2D eigenvalue weighted by atomic mass is 9.84. The highest BCUT2D eigenvalue weighted by Gasteiger charge is 2.23. The van der Waals surface area contributed by atoms with E-state index in [2.05, 4.69) is 17.4 Å². The topological polar surface area (TPSA) is 56.5 Å². The van der Waals surface area contributed by atoms with Crippen molar-refractivity contribution in [3.8, 4) is 11.5 Å². The maximum atomic E-state index is 5.88. The molecule has 1 saturated carbocycles. The molecule has 4 heteroatoms. The predicted octanol–water partition coefficient (Wildman–Crippen LogP) is 2.06. The van der Waals surface area contributed by atoms with Crippen LogP contribution in [-0.2, 0) is 6.54 Å². The van der Waals surface area contributed by atoms with E-state index in [1.807, 2.05) is 6.07 Å². The Balaban J connectivity index is 1.60. The number of nitrogens with one attached hydrogen (secondary N) is 1. The van der Waals surface area contributed by atoms with E-state index in [-0.39, 0.29) is 0 Å². The number of benzene rings is 1. The summed E-state index contributed by atoms with van der Waals surface area (Å²) in [5, 5.41) is 3.67. The van der Waals surface area contributed by atoms with Crippen LogP contribution in [0, 0.1) is 5.92 Å². The monoisotopic (exact) mass is 276 g/mol. The van der Waals surface area contributed by atoms with Crippen LogP contribution in [0.4, 0.5) is 0 Å². The van der Waals surface area contributed by atoms with Gasteiger partial charge >= 0.3 is 0 Å². The van der Waals surface area contributed by atoms with Crippen LogP contribution in [-0.4, -0.2) is 25.8 Å². The molecule has 0 aromatic heterocycles. The summed E-state index contributed by atoms with van der Waals surface area (Å²) in [6.07, 6.45) is 5.14. The first kappa shape index (κ1) is 13.7. The number of hydrogen-bond acceptors (Lipinski definition) is 4. The first-order valence-electron chi connectivity index (χ1n) is 7.69. The van der Waals surface area contributed by atoms with E-state index in [1.54, 1.807) is 0 Å². The summed E-state index contributed by atoms with van der Waals surface area (Å²) in [4.78, 5) is 0. The van der Waals surface area contributed by atoms with Crippen molar-refractivity contribution in [1.82, 2.24) is 5.32 Å². The number of rotatable bonds is 4. The standard InChI is InChI=1S/C16H24N2O2/c17-10-13-3-1-2-4-14(13)18-11-12-5-6-15-16(9-12)20-8-7-19-15/h5-6,9,13-14,18H,1-4,7-8,10-11,17H2. The lowest BCUT2D eigenvalue weighted by molar-refractivity contribution is 0.171. The highest BCUT2D eigenvalue weighted by molar-refractivity contribution is 5.43. The van der Waals surface area contributed by atoms with E-state index in [0.717, 1.165) is 24.6 Å². The van der Waals surface area contributed by atoms with Crippen molar-refractivity contribution in [3.05, 3.63) is 23.8 Å². The maximum Gasteiger partial charge on any atom is 0.161 e. The minimum Gasteiger partial charge on any atom is -0.486 e. The zero-order valence-electron chi connectivity index (χ0n) is 11.9. The van der Waals surface area contributed by atoms with Crippen molar-refractivity contribution in [3.63, 3.8) is 0 Å². The van der Waals surface area contributed by atoms with Gasteiger partial charge in [0.1, 0.15) is 13.2 Å². The molecule has 1 aliphatic heterocycles. The summed E-state index contributed by atoms with van der Waals surface area (Å²) in [7, 11) is 0. The zero-order chi connectivity index (χ0) is 13.8. The molecule has 20 heavy (non-hydrogen) atoms. The summed E-state index contributed by atoms with van der Waals surface area (Å²) in [5.41, 5.74) is 7.12. The van der Waals surface area contributed by atoms with Crippen LogP contribution < -0.4 is 20.5 Å². The van der Waals surface area contributed by atoms with Gasteiger partial charge in [0.25, 0.3) is 0 Å². The van der Waals surface area contributed by atoms with Crippen molar-refractivity contribution < 1.29 is 9.47 Å². The predicted molar refractivity (Wildman–Crippen MR) is 79.1 cm³/mol. The third-order valence-corrected chi connectivity index (χ3v) is 4.39. The Hall–Kier alpha value is -1.26. The van der Waals surface area contributed by atoms with E-state index < -0.39 is 0 Å². The van der Waals surface area contributed by atoms with Gasteiger partial charge in [-0.15, -0.1) is 0 Å². The largest absolute Gasteiger partial charge is 0.486 e. The van der Waals surface area contributed by atoms with Gasteiger partial charge in [0.15, 0.2) is 11.5 Å². The molecule has 4 nitrogen and oxygen atoms in total. The van der Waals surface area contributed by atoms with Crippen LogP contribution in [0.2, 0.25) is 0 Å². The molecule has 0 amide bonds. The molecule has 110 valence electrons. The van der Waals surface area contributed by atoms with E-state index in [4.69, 9.17) is 15.2 Å². The van der Waals surface area contributed by atoms with Crippen LogP contribution in [0.5, 0.6) is 11.5 Å². The lowest BCUT2D eigenvalue weighted by Gasteiger charge is -2.31. The average Bonchev–Trinajstić information content (AvgIpc) is 2.53. The molecule has 1 heterocycles. The summed E-state index contributed by atoms with van der Waals surface area (Å²) in [6, 6.07) is 6.76. The van der Waals surface area contributed by atoms with Crippen molar-refractivity contribution in [2.75, 3.05) is 19.8 Å². The molecule has 1 aliphatic carbocycles. The van der Waals surface area contributed by atoms with Crippen LogP contribution in [0.25, 0.3) is 0 Å². The van der Waals surface area contributed by atoms with Gasteiger partial charge in [0.2, 0.25) is 0 Å². The van der Waals surface area contributed by atoms with Crippen LogP contribution in [0.3, 0.4) is 0 Å². The Labute approximate surface area is 120 Å². The molecular formula is C16H24N2O2. The Morgan fingerprint density at radius 3 is 2.75 bits per heavy atom. The van der Waals surface area contributed by atoms with E-state index in [1.165, 1.54) is 31.2 Å². The molecule has 1 aromatic rings. The minimum atomic E-state index is 0.557. The number of nitrogens with two attached hydrogens (primary N) is 1. The molecule has 2 unspecified atom stereocenters. The molecule has 0 saturated heterocycles. The Bertz CT molecular complexity index is 450. The summed E-state index contributed by atoms with van der Waals surface area (Å²) < 4.78 is 11.2. The quantitative estimate of drug-likeness (QED) is 0.884. The van der Waals surface area contributed by atoms with Gasteiger partial charge in [-0.3, -0.25) is 0 Å². The Morgan fingerprint density at radius 1 is 1.10 bits per heavy atom. The van der Waals surface area contributed by atoms with E-state index in [0.29, 0.717) is 25.2 Å². The van der Waals surface area contributed by atoms with Crippen molar-refractivity contribution in [2.45, 2.75) is 38.3 Å². The molecule has 1 fully saturated rings. The van der Waals surface area contributed by atoms with Crippen molar-refractivity contribution in [2.24, 2.45) is 11.7 Å². The maximum absolute atomic E-state index is 5.88. The second-order valence-electron chi connectivity index (χ2n) is 5.75. The normalized spacial score (nSPS) is 25.4. The van der Waals surface area contributed by atoms with E-state index >= 15 is 0 Å².